The fraction of sp³-hybridized carbons (Fsp3) is 0.562. The summed E-state index contributed by atoms with van der Waals surface area (Å²) in [5.74, 6) is -0.204. The molecule has 7 nitrogen and oxygen atoms in total. The first-order valence-electron chi connectivity index (χ1n) is 8.26. The summed E-state index contributed by atoms with van der Waals surface area (Å²) in [6.07, 6.45) is 2.98. The molecule has 0 spiro atoms. The average molecular weight is 387 g/mol. The molecule has 2 saturated heterocycles. The minimum Gasteiger partial charge on any atom is -0.480 e. The van der Waals surface area contributed by atoms with Gasteiger partial charge in [0.1, 0.15) is 11.9 Å². The zero-order chi connectivity index (χ0) is 18.0. The maximum absolute atomic E-state index is 12.5. The Morgan fingerprint density at radius 1 is 1.20 bits per heavy atom. The average Bonchev–Trinajstić information content (AvgIpc) is 3.03. The largest absolute Gasteiger partial charge is 0.480 e. The summed E-state index contributed by atoms with van der Waals surface area (Å²) in [5.41, 5.74) is 0. The zero-order valence-corrected chi connectivity index (χ0v) is 15.2. The zero-order valence-electron chi connectivity index (χ0n) is 13.7. The Labute approximate surface area is 156 Å². The first-order valence-corrected chi connectivity index (χ1v) is 9.02. The number of aromatic nitrogens is 1. The third kappa shape index (κ3) is 4.16. The van der Waals surface area contributed by atoms with Gasteiger partial charge in [-0.05, 0) is 25.5 Å². The second kappa shape index (κ2) is 7.76. The number of carbonyl (C=O) groups is 2. The molecule has 0 unspecified atom stereocenters. The maximum Gasteiger partial charge on any atom is 0.320 e. The molecule has 0 aliphatic carbocycles. The molecule has 136 valence electrons. The standard InChI is InChI=1S/C16H20Cl2N4O3/c17-11-8-12(18)15(19-9-11)21-6-4-20(5-7-21)14(23)10-22-3-1-2-13(22)16(24)25/h8-9,13H,1-7,10H2,(H,24,25)/t13-/m0/s1. The van der Waals surface area contributed by atoms with Crippen molar-refractivity contribution in [1.82, 2.24) is 14.8 Å². The molecular weight excluding hydrogens is 367 g/mol. The third-order valence-electron chi connectivity index (χ3n) is 4.71. The number of carboxylic acids is 1. The summed E-state index contributed by atoms with van der Waals surface area (Å²) in [6.45, 7) is 3.20. The lowest BCUT2D eigenvalue weighted by atomic mass is 10.2. The molecule has 3 rings (SSSR count). The van der Waals surface area contributed by atoms with Gasteiger partial charge in [-0.2, -0.15) is 0 Å². The van der Waals surface area contributed by atoms with Crippen molar-refractivity contribution in [3.8, 4) is 0 Å². The van der Waals surface area contributed by atoms with E-state index >= 15 is 0 Å². The molecule has 0 bridgehead atoms. The second-order valence-electron chi connectivity index (χ2n) is 6.29. The van der Waals surface area contributed by atoms with Crippen LogP contribution in [0, 0.1) is 0 Å². The van der Waals surface area contributed by atoms with E-state index in [2.05, 4.69) is 4.98 Å². The minimum absolute atomic E-state index is 0.0250. The quantitative estimate of drug-likeness (QED) is 0.846. The van der Waals surface area contributed by atoms with E-state index in [1.807, 2.05) is 4.90 Å². The highest BCUT2D eigenvalue weighted by Crippen LogP contribution is 2.27. The summed E-state index contributed by atoms with van der Waals surface area (Å²) in [5, 5.41) is 10.2. The molecule has 2 aliphatic rings. The number of rotatable bonds is 4. The Bertz CT molecular complexity index is 665. The van der Waals surface area contributed by atoms with Crippen LogP contribution in [0.25, 0.3) is 0 Å². The predicted octanol–water partition coefficient (Wildman–Crippen LogP) is 1.59. The van der Waals surface area contributed by atoms with Crippen LogP contribution in [0.3, 0.4) is 0 Å². The number of anilines is 1. The number of piperazine rings is 1. The topological polar surface area (TPSA) is 77.0 Å². The summed E-state index contributed by atoms with van der Waals surface area (Å²) in [4.78, 5) is 33.5. The van der Waals surface area contributed by atoms with Crippen LogP contribution < -0.4 is 4.90 Å². The lowest BCUT2D eigenvalue weighted by Gasteiger charge is -2.36. The molecule has 3 heterocycles. The molecule has 1 atom stereocenters. The van der Waals surface area contributed by atoms with Crippen molar-refractivity contribution < 1.29 is 14.7 Å². The molecule has 9 heteroatoms. The smallest absolute Gasteiger partial charge is 0.320 e. The number of hydrogen-bond acceptors (Lipinski definition) is 5. The molecular formula is C16H20Cl2N4O3. The molecule has 1 aromatic heterocycles. The molecule has 1 N–H and O–H groups in total. The van der Waals surface area contributed by atoms with E-state index in [4.69, 9.17) is 23.2 Å². The van der Waals surface area contributed by atoms with Crippen LogP contribution in [0.5, 0.6) is 0 Å². The number of likely N-dealkylation sites (tertiary alicyclic amines) is 1. The SMILES string of the molecule is O=C(O)[C@@H]1CCCN1CC(=O)N1CCN(c2ncc(Cl)cc2Cl)CC1. The van der Waals surface area contributed by atoms with Crippen molar-refractivity contribution >= 4 is 40.9 Å². The Balaban J connectivity index is 1.55. The summed E-state index contributed by atoms with van der Waals surface area (Å²) in [6, 6.07) is 1.12. The van der Waals surface area contributed by atoms with Crippen molar-refractivity contribution in [3.63, 3.8) is 0 Å². The lowest BCUT2D eigenvalue weighted by Crippen LogP contribution is -2.52. The maximum atomic E-state index is 12.5. The van der Waals surface area contributed by atoms with Crippen LogP contribution in [0.1, 0.15) is 12.8 Å². The molecule has 0 radical (unpaired) electrons. The first kappa shape index (κ1) is 18.2. The highest BCUT2D eigenvalue weighted by atomic mass is 35.5. The third-order valence-corrected chi connectivity index (χ3v) is 5.19. The van der Waals surface area contributed by atoms with Crippen molar-refractivity contribution in [2.45, 2.75) is 18.9 Å². The number of nitrogens with zero attached hydrogens (tertiary/aromatic N) is 4. The van der Waals surface area contributed by atoms with E-state index in [0.717, 1.165) is 6.42 Å². The summed E-state index contributed by atoms with van der Waals surface area (Å²) < 4.78 is 0. The molecule has 2 fully saturated rings. The van der Waals surface area contributed by atoms with Gasteiger partial charge in [-0.25, -0.2) is 4.98 Å². The van der Waals surface area contributed by atoms with Crippen LogP contribution in [-0.4, -0.2) is 77.1 Å². The van der Waals surface area contributed by atoms with E-state index < -0.39 is 12.0 Å². The molecule has 25 heavy (non-hydrogen) atoms. The van der Waals surface area contributed by atoms with Gasteiger partial charge in [-0.1, -0.05) is 23.2 Å². The van der Waals surface area contributed by atoms with E-state index in [1.165, 1.54) is 0 Å². The van der Waals surface area contributed by atoms with Crippen LogP contribution in [0.15, 0.2) is 12.3 Å². The Kier molecular flexibility index (Phi) is 5.66. The number of amides is 1. The van der Waals surface area contributed by atoms with Crippen LogP contribution in [0.4, 0.5) is 5.82 Å². The van der Waals surface area contributed by atoms with Gasteiger partial charge in [0.2, 0.25) is 5.91 Å². The number of halogens is 2. The van der Waals surface area contributed by atoms with Crippen LogP contribution in [0.2, 0.25) is 10.0 Å². The number of hydrogen-bond donors (Lipinski definition) is 1. The van der Waals surface area contributed by atoms with Gasteiger partial charge in [-0.3, -0.25) is 14.5 Å². The van der Waals surface area contributed by atoms with Gasteiger partial charge >= 0.3 is 5.97 Å². The van der Waals surface area contributed by atoms with Crippen molar-refractivity contribution in [3.05, 3.63) is 22.3 Å². The van der Waals surface area contributed by atoms with Gasteiger partial charge in [-0.15, -0.1) is 0 Å². The van der Waals surface area contributed by atoms with Gasteiger partial charge in [0.05, 0.1) is 16.6 Å². The normalized spacial score (nSPS) is 21.6. The number of aliphatic carboxylic acids is 1. The Hall–Kier alpha value is -1.57. The molecule has 1 aromatic rings. The fourth-order valence-electron chi connectivity index (χ4n) is 3.38. The molecule has 1 amide bonds. The highest BCUT2D eigenvalue weighted by Gasteiger charge is 2.33. The van der Waals surface area contributed by atoms with E-state index in [1.54, 1.807) is 22.1 Å². The van der Waals surface area contributed by atoms with Crippen LogP contribution in [-0.2, 0) is 9.59 Å². The summed E-state index contributed by atoms with van der Waals surface area (Å²) in [7, 11) is 0. The van der Waals surface area contributed by atoms with Crippen molar-refractivity contribution in [2.75, 3.05) is 44.2 Å². The Morgan fingerprint density at radius 3 is 2.56 bits per heavy atom. The number of pyridine rings is 1. The van der Waals surface area contributed by atoms with Gasteiger partial charge in [0.15, 0.2) is 0 Å². The van der Waals surface area contributed by atoms with Gasteiger partial charge in [0.25, 0.3) is 0 Å². The monoisotopic (exact) mass is 386 g/mol. The fourth-order valence-corrected chi connectivity index (χ4v) is 3.88. The van der Waals surface area contributed by atoms with E-state index in [9.17, 15) is 14.7 Å². The molecule has 2 aliphatic heterocycles. The van der Waals surface area contributed by atoms with Crippen LogP contribution >= 0.6 is 23.2 Å². The van der Waals surface area contributed by atoms with Crippen molar-refractivity contribution in [2.24, 2.45) is 0 Å². The summed E-state index contributed by atoms with van der Waals surface area (Å²) >= 11 is 12.1. The van der Waals surface area contributed by atoms with Gasteiger partial charge in [0, 0.05) is 32.4 Å². The number of carbonyl (C=O) groups excluding carboxylic acids is 1. The number of carboxylic acid groups (broad SMARTS) is 1. The lowest BCUT2D eigenvalue weighted by molar-refractivity contribution is -0.143. The first-order chi connectivity index (χ1) is 12.0. The second-order valence-corrected chi connectivity index (χ2v) is 7.14. The molecule has 0 saturated carbocycles. The van der Waals surface area contributed by atoms with Crippen molar-refractivity contribution in [1.29, 1.82) is 0 Å². The Morgan fingerprint density at radius 2 is 1.92 bits per heavy atom. The van der Waals surface area contributed by atoms with E-state index in [-0.39, 0.29) is 12.5 Å². The van der Waals surface area contributed by atoms with E-state index in [0.29, 0.717) is 55.0 Å². The molecule has 0 aromatic carbocycles. The minimum atomic E-state index is -0.849. The predicted molar refractivity (Wildman–Crippen MR) is 95.3 cm³/mol. The highest BCUT2D eigenvalue weighted by molar-refractivity contribution is 6.36. The van der Waals surface area contributed by atoms with Gasteiger partial charge < -0.3 is 14.9 Å².